The number of amides is 1. The predicted octanol–water partition coefficient (Wildman–Crippen LogP) is 1.49. The molecule has 0 saturated carbocycles. The van der Waals surface area contributed by atoms with Gasteiger partial charge in [0.05, 0.1) is 0 Å². The van der Waals surface area contributed by atoms with Gasteiger partial charge in [0.25, 0.3) is 0 Å². The molecule has 0 aliphatic carbocycles. The standard InChI is InChI=1S/C17H14N4O3/c22-15(20-9-7-12-4-1-2-6-14(12)20)11-21-16(19-24-17(21)23)13-5-3-8-18-10-13/h1-6,8,10H,7,9,11H2. The van der Waals surface area contributed by atoms with Crippen molar-refractivity contribution in [2.24, 2.45) is 0 Å². The zero-order valence-electron chi connectivity index (χ0n) is 12.8. The number of carbonyl (C=O) groups excluding carboxylic acids is 1. The smallest absolute Gasteiger partial charge is 0.310 e. The number of pyridine rings is 1. The zero-order valence-corrected chi connectivity index (χ0v) is 12.8. The summed E-state index contributed by atoms with van der Waals surface area (Å²) in [6, 6.07) is 11.3. The van der Waals surface area contributed by atoms with Crippen molar-refractivity contribution >= 4 is 11.6 Å². The lowest BCUT2D eigenvalue weighted by Gasteiger charge is -2.17. The van der Waals surface area contributed by atoms with Gasteiger partial charge in [-0.2, -0.15) is 0 Å². The Labute approximate surface area is 137 Å². The first-order valence-corrected chi connectivity index (χ1v) is 7.59. The first-order chi connectivity index (χ1) is 11.7. The van der Waals surface area contributed by atoms with Crippen LogP contribution in [0.4, 0.5) is 5.69 Å². The molecule has 1 aliphatic heterocycles. The highest BCUT2D eigenvalue weighted by atomic mass is 16.5. The molecule has 0 saturated heterocycles. The molecule has 4 rings (SSSR count). The van der Waals surface area contributed by atoms with Crippen LogP contribution in [0.1, 0.15) is 5.56 Å². The number of carbonyl (C=O) groups is 1. The average molecular weight is 322 g/mol. The highest BCUT2D eigenvalue weighted by Gasteiger charge is 2.26. The summed E-state index contributed by atoms with van der Waals surface area (Å²) in [4.78, 5) is 30.3. The molecule has 0 N–H and O–H groups in total. The van der Waals surface area contributed by atoms with E-state index in [0.29, 0.717) is 17.9 Å². The molecule has 0 spiro atoms. The van der Waals surface area contributed by atoms with Crippen LogP contribution >= 0.6 is 0 Å². The van der Waals surface area contributed by atoms with Gasteiger partial charge in [-0.15, -0.1) is 0 Å². The van der Waals surface area contributed by atoms with E-state index in [4.69, 9.17) is 4.52 Å². The first-order valence-electron chi connectivity index (χ1n) is 7.59. The molecule has 7 nitrogen and oxygen atoms in total. The van der Waals surface area contributed by atoms with Crippen LogP contribution in [-0.2, 0) is 17.8 Å². The van der Waals surface area contributed by atoms with Crippen LogP contribution < -0.4 is 10.7 Å². The van der Waals surface area contributed by atoms with Gasteiger partial charge in [-0.1, -0.05) is 23.4 Å². The number of aromatic nitrogens is 3. The molecule has 2 aromatic heterocycles. The Morgan fingerprint density at radius 3 is 2.92 bits per heavy atom. The number of hydrogen-bond donors (Lipinski definition) is 0. The van der Waals surface area contributed by atoms with Gasteiger partial charge in [0.15, 0.2) is 5.82 Å². The second kappa shape index (κ2) is 5.77. The number of fused-ring (bicyclic) bond motifs is 1. The second-order valence-electron chi connectivity index (χ2n) is 5.52. The molecular weight excluding hydrogens is 308 g/mol. The van der Waals surface area contributed by atoms with Gasteiger partial charge in [0.2, 0.25) is 5.91 Å². The van der Waals surface area contributed by atoms with Gasteiger partial charge in [0, 0.05) is 30.2 Å². The second-order valence-corrected chi connectivity index (χ2v) is 5.52. The summed E-state index contributed by atoms with van der Waals surface area (Å²) < 4.78 is 5.98. The van der Waals surface area contributed by atoms with Crippen molar-refractivity contribution in [1.29, 1.82) is 0 Å². The number of para-hydroxylation sites is 1. The van der Waals surface area contributed by atoms with E-state index in [2.05, 4.69) is 10.1 Å². The van der Waals surface area contributed by atoms with Crippen molar-refractivity contribution in [1.82, 2.24) is 14.7 Å². The summed E-state index contributed by atoms with van der Waals surface area (Å²) in [6.45, 7) is 0.487. The maximum absolute atomic E-state index is 12.7. The fraction of sp³-hybridized carbons (Fsp3) is 0.176. The fourth-order valence-corrected chi connectivity index (χ4v) is 2.93. The van der Waals surface area contributed by atoms with E-state index in [-0.39, 0.29) is 12.5 Å². The molecule has 24 heavy (non-hydrogen) atoms. The molecule has 120 valence electrons. The molecule has 0 unspecified atom stereocenters. The number of benzene rings is 1. The molecule has 3 heterocycles. The van der Waals surface area contributed by atoms with Gasteiger partial charge in [-0.3, -0.25) is 14.3 Å². The van der Waals surface area contributed by atoms with Crippen LogP contribution in [0.25, 0.3) is 11.4 Å². The minimum absolute atomic E-state index is 0.124. The van der Waals surface area contributed by atoms with Crippen LogP contribution in [0.3, 0.4) is 0 Å². The summed E-state index contributed by atoms with van der Waals surface area (Å²) >= 11 is 0. The SMILES string of the molecule is O=C(Cn1c(-c2cccnc2)noc1=O)N1CCc2ccccc21. The van der Waals surface area contributed by atoms with Gasteiger partial charge in [-0.05, 0) is 30.2 Å². The minimum Gasteiger partial charge on any atom is -0.310 e. The van der Waals surface area contributed by atoms with Crippen LogP contribution in [-0.4, -0.2) is 27.2 Å². The fourth-order valence-electron chi connectivity index (χ4n) is 2.93. The quantitative estimate of drug-likeness (QED) is 0.730. The summed E-state index contributed by atoms with van der Waals surface area (Å²) in [5.41, 5.74) is 2.66. The van der Waals surface area contributed by atoms with E-state index >= 15 is 0 Å². The van der Waals surface area contributed by atoms with Crippen LogP contribution in [0.2, 0.25) is 0 Å². The molecule has 7 heteroatoms. The number of hydrogen-bond acceptors (Lipinski definition) is 5. The highest BCUT2D eigenvalue weighted by molar-refractivity contribution is 5.95. The normalized spacial score (nSPS) is 13.1. The van der Waals surface area contributed by atoms with Crippen molar-refractivity contribution in [3.8, 4) is 11.4 Å². The lowest BCUT2D eigenvalue weighted by atomic mass is 10.2. The van der Waals surface area contributed by atoms with Crippen LogP contribution in [0.5, 0.6) is 0 Å². The van der Waals surface area contributed by atoms with E-state index in [1.807, 2.05) is 24.3 Å². The Balaban J connectivity index is 1.64. The minimum atomic E-state index is -0.658. The Kier molecular flexibility index (Phi) is 3.45. The lowest BCUT2D eigenvalue weighted by molar-refractivity contribution is -0.119. The monoisotopic (exact) mass is 322 g/mol. The van der Waals surface area contributed by atoms with Gasteiger partial charge >= 0.3 is 5.76 Å². The third-order valence-electron chi connectivity index (χ3n) is 4.09. The highest BCUT2D eigenvalue weighted by Crippen LogP contribution is 2.27. The van der Waals surface area contributed by atoms with Crippen LogP contribution in [0.15, 0.2) is 58.1 Å². The summed E-state index contributed by atoms with van der Waals surface area (Å²) in [5, 5.41) is 3.77. The average Bonchev–Trinajstić information content (AvgIpc) is 3.20. The Morgan fingerprint density at radius 2 is 2.08 bits per heavy atom. The lowest BCUT2D eigenvalue weighted by Crippen LogP contribution is -2.34. The summed E-state index contributed by atoms with van der Waals surface area (Å²) in [5.74, 6) is -0.529. The number of nitrogens with zero attached hydrogens (tertiary/aromatic N) is 4. The van der Waals surface area contributed by atoms with Crippen molar-refractivity contribution in [2.45, 2.75) is 13.0 Å². The van der Waals surface area contributed by atoms with E-state index in [9.17, 15) is 9.59 Å². The van der Waals surface area contributed by atoms with Crippen molar-refractivity contribution in [2.75, 3.05) is 11.4 Å². The zero-order chi connectivity index (χ0) is 16.5. The molecule has 0 radical (unpaired) electrons. The van der Waals surface area contributed by atoms with Gasteiger partial charge in [-0.25, -0.2) is 9.36 Å². The van der Waals surface area contributed by atoms with Crippen molar-refractivity contribution in [3.05, 3.63) is 64.9 Å². The van der Waals surface area contributed by atoms with Gasteiger partial charge in [0.1, 0.15) is 6.54 Å². The van der Waals surface area contributed by atoms with Crippen LogP contribution in [0, 0.1) is 0 Å². The molecule has 3 aromatic rings. The number of anilines is 1. The Bertz CT molecular complexity index is 946. The number of rotatable bonds is 3. The van der Waals surface area contributed by atoms with E-state index in [1.165, 1.54) is 4.57 Å². The topological polar surface area (TPSA) is 81.2 Å². The molecular formula is C17H14N4O3. The van der Waals surface area contributed by atoms with Crippen molar-refractivity contribution < 1.29 is 9.32 Å². The molecule has 1 aliphatic rings. The molecule has 0 bridgehead atoms. The van der Waals surface area contributed by atoms with E-state index in [1.54, 1.807) is 29.4 Å². The third-order valence-corrected chi connectivity index (χ3v) is 4.09. The van der Waals surface area contributed by atoms with E-state index < -0.39 is 5.76 Å². The predicted molar refractivity (Wildman–Crippen MR) is 86.5 cm³/mol. The molecule has 0 fully saturated rings. The third kappa shape index (κ3) is 2.40. The maximum atomic E-state index is 12.7. The molecule has 1 aromatic carbocycles. The Morgan fingerprint density at radius 1 is 1.21 bits per heavy atom. The largest absolute Gasteiger partial charge is 0.442 e. The Hall–Kier alpha value is -3.22. The first kappa shape index (κ1) is 14.4. The van der Waals surface area contributed by atoms with Crippen molar-refractivity contribution in [3.63, 3.8) is 0 Å². The molecule has 0 atom stereocenters. The summed E-state index contributed by atoms with van der Waals surface area (Å²) in [6.07, 6.45) is 4.01. The van der Waals surface area contributed by atoms with E-state index in [0.717, 1.165) is 17.7 Å². The molecule has 1 amide bonds. The maximum Gasteiger partial charge on any atom is 0.442 e. The van der Waals surface area contributed by atoms with Gasteiger partial charge < -0.3 is 4.90 Å². The summed E-state index contributed by atoms with van der Waals surface area (Å²) in [7, 11) is 0.